The molecule has 0 aromatic rings. The number of aliphatic carboxylic acids is 4. The predicted molar refractivity (Wildman–Crippen MR) is 80.4 cm³/mol. The fourth-order valence-corrected chi connectivity index (χ4v) is 2.28. The van der Waals surface area contributed by atoms with Gasteiger partial charge in [0.1, 0.15) is 6.79 Å². The Hall–Kier alpha value is 0.649. The Labute approximate surface area is 262 Å². The second kappa shape index (κ2) is 25.3. The number of carboxylic acids is 4. The monoisotopic (exact) mass is 636 g/mol. The summed E-state index contributed by atoms with van der Waals surface area (Å²) >= 11 is -0.480. The number of hydrogen-bond donors (Lipinski definition) is 3. The standard InChI is InChI=1S/C10H16N2O10S.CH2O.2Fe.2Na.H2O4S/c11-10(22-23-21,3-7(17)18)9(1-5(13)14,2-6(15)16)12-4-8(19)20;1-2;;;;;1-5(2,3)4/h12,21H,1-4,11H2,(H,13,14)(H,15,16)(H,17,18)(H,19,20);1H2;;;;;(H2,1,2,3,4)/q;;2*+2;2*+1;/p-6. The molecule has 0 fully saturated rings. The van der Waals surface area contributed by atoms with Crippen LogP contribution in [0.4, 0.5) is 0 Å². The summed E-state index contributed by atoms with van der Waals surface area (Å²) in [5.41, 5.74) is 0.355. The third-order valence-electron chi connectivity index (χ3n) is 2.87. The van der Waals surface area contributed by atoms with Gasteiger partial charge in [0.2, 0.25) is 0 Å². The minimum atomic E-state index is -5.17. The quantitative estimate of drug-likeness (QED) is 0.0588. The van der Waals surface area contributed by atoms with Gasteiger partial charge in [-0.05, 0) is 0 Å². The molecule has 0 aromatic heterocycles. The van der Waals surface area contributed by atoms with Crippen LogP contribution in [0.2, 0.25) is 0 Å². The van der Waals surface area contributed by atoms with E-state index in [0.717, 1.165) is 0 Å². The molecule has 17 nitrogen and oxygen atoms in total. The molecule has 23 heteroatoms. The molecule has 0 rings (SSSR count). The van der Waals surface area contributed by atoms with E-state index in [2.05, 4.69) is 4.18 Å². The smallest absolute Gasteiger partial charge is 0.759 e. The van der Waals surface area contributed by atoms with Gasteiger partial charge in [-0.1, -0.05) is 0 Å². The summed E-state index contributed by atoms with van der Waals surface area (Å²) in [5, 5.41) is 45.1. The largest absolute Gasteiger partial charge is 2.00 e. The number of carbonyl (C=O) groups excluding carboxylic acids is 5. The summed E-state index contributed by atoms with van der Waals surface area (Å²) in [6, 6.07) is 0. The molecule has 0 amide bonds. The molecule has 0 saturated carbocycles. The van der Waals surface area contributed by atoms with Crippen LogP contribution in [0, 0.1) is 0 Å². The molecule has 0 aliphatic rings. The van der Waals surface area contributed by atoms with Crippen molar-refractivity contribution < 1.29 is 164 Å². The number of rotatable bonds is 12. The Kier molecular flexibility index (Phi) is 38.2. The molecule has 0 saturated heterocycles. The molecule has 0 aromatic carbocycles. The van der Waals surface area contributed by atoms with Crippen molar-refractivity contribution in [3.63, 3.8) is 0 Å². The van der Waals surface area contributed by atoms with E-state index in [-0.39, 0.29) is 93.3 Å². The van der Waals surface area contributed by atoms with Crippen molar-refractivity contribution in [3.8, 4) is 0 Å². The Bertz CT molecular complexity index is 694. The minimum Gasteiger partial charge on any atom is -0.759 e. The third-order valence-corrected chi connectivity index (χ3v) is 3.24. The number of nitrogens with two attached hydrogens (primary N) is 1. The first-order chi connectivity index (χ1) is 13.5. The van der Waals surface area contributed by atoms with E-state index < -0.39 is 83.7 Å². The van der Waals surface area contributed by atoms with E-state index >= 15 is 0 Å². The van der Waals surface area contributed by atoms with Crippen LogP contribution in [0.1, 0.15) is 19.3 Å². The minimum absolute atomic E-state index is 0. The van der Waals surface area contributed by atoms with Gasteiger partial charge in [0, 0.05) is 54.1 Å². The molecule has 0 heterocycles. The number of carbonyl (C=O) groups is 5. The first-order valence-electron chi connectivity index (χ1n) is 6.76. The topological polar surface area (TPSA) is 325 Å². The van der Waals surface area contributed by atoms with Gasteiger partial charge in [-0.15, -0.1) is 0 Å². The van der Waals surface area contributed by atoms with Gasteiger partial charge in [-0.25, -0.2) is 0 Å². The van der Waals surface area contributed by atoms with Crippen molar-refractivity contribution in [1.29, 1.82) is 0 Å². The van der Waals surface area contributed by atoms with Crippen molar-refractivity contribution in [1.82, 2.24) is 5.32 Å². The van der Waals surface area contributed by atoms with Crippen LogP contribution in [0.5, 0.6) is 0 Å². The second-order valence-corrected chi connectivity index (χ2v) is 6.04. The van der Waals surface area contributed by atoms with Crippen LogP contribution >= 0.6 is 12.3 Å². The van der Waals surface area contributed by atoms with Crippen molar-refractivity contribution in [2.75, 3.05) is 6.54 Å². The van der Waals surface area contributed by atoms with E-state index in [1.807, 2.05) is 12.1 Å². The predicted octanol–water partition coefficient (Wildman–Crippen LogP) is -14.2. The molecule has 0 bridgehead atoms. The number of carboxylic acid groups (broad SMARTS) is 4. The Morgan fingerprint density at radius 3 is 1.38 bits per heavy atom. The maximum Gasteiger partial charge on any atom is 2.00 e. The van der Waals surface area contributed by atoms with Crippen LogP contribution in [0.15, 0.2) is 0 Å². The van der Waals surface area contributed by atoms with Crippen molar-refractivity contribution in [3.05, 3.63) is 0 Å². The molecule has 4 N–H and O–H groups in total. The summed E-state index contributed by atoms with van der Waals surface area (Å²) < 4.78 is 47.3. The molecular weight excluding hydrogens is 622 g/mol. The van der Waals surface area contributed by atoms with E-state index in [9.17, 15) is 39.6 Å². The van der Waals surface area contributed by atoms with Crippen LogP contribution < -0.4 is 90.6 Å². The van der Waals surface area contributed by atoms with Gasteiger partial charge >= 0.3 is 93.3 Å². The van der Waals surface area contributed by atoms with Gasteiger partial charge in [-0.2, -0.15) is 0 Å². The third kappa shape index (κ3) is 27.2. The van der Waals surface area contributed by atoms with Crippen molar-refractivity contribution in [2.45, 2.75) is 30.5 Å². The molecule has 0 aliphatic carbocycles. The molecule has 34 heavy (non-hydrogen) atoms. The zero-order valence-corrected chi connectivity index (χ0v) is 25.1. The number of hydrogen-bond acceptors (Lipinski definition) is 18. The Balaban J connectivity index is -0.000000117. The summed E-state index contributed by atoms with van der Waals surface area (Å²) in [7, 11) is -5.17. The van der Waals surface area contributed by atoms with Crippen LogP contribution in [-0.2, 0) is 72.7 Å². The average Bonchev–Trinajstić information content (AvgIpc) is 2.51. The van der Waals surface area contributed by atoms with E-state index in [1.165, 1.54) is 0 Å². The molecule has 1 unspecified atom stereocenters. The van der Waals surface area contributed by atoms with Crippen LogP contribution in [-0.4, -0.2) is 70.6 Å². The molecule has 0 radical (unpaired) electrons. The first-order valence-corrected chi connectivity index (χ1v) is 8.79. The van der Waals surface area contributed by atoms with Gasteiger partial charge < -0.3 is 69.1 Å². The molecule has 1 atom stereocenters. The maximum absolute atomic E-state index is 10.9. The Morgan fingerprint density at radius 2 is 1.18 bits per heavy atom. The summed E-state index contributed by atoms with van der Waals surface area (Å²) in [6.45, 7) is 0.895. The SMILES string of the molecule is C=O.NC(CC(=O)[O-])(OSO)C(CC(=O)[O-])(CC(=O)[O-])NCC(=O)[O-].O=S(=O)([O-])[O-].[Fe+2].[Fe+2].[Na+].[Na+]. The summed E-state index contributed by atoms with van der Waals surface area (Å²) in [6.07, 6.45) is -3.85. The van der Waals surface area contributed by atoms with Gasteiger partial charge in [0.15, 0.2) is 18.0 Å². The fourth-order valence-electron chi connectivity index (χ4n) is 1.93. The molecule has 0 aliphatic heterocycles. The summed E-state index contributed by atoms with van der Waals surface area (Å²) in [4.78, 5) is 51.2. The zero-order chi connectivity index (χ0) is 24.8. The average molecular weight is 636 g/mol. The van der Waals surface area contributed by atoms with Crippen LogP contribution in [0.3, 0.4) is 0 Å². The second-order valence-electron chi connectivity index (χ2n) is 4.91. The first kappa shape index (κ1) is 51.3. The van der Waals surface area contributed by atoms with Gasteiger partial charge in [-0.3, -0.25) is 12.6 Å². The number of nitrogens with one attached hydrogen (secondary N) is 1. The van der Waals surface area contributed by atoms with E-state index in [4.69, 9.17) is 32.6 Å². The maximum atomic E-state index is 10.9. The van der Waals surface area contributed by atoms with Gasteiger partial charge in [0.25, 0.3) is 0 Å². The molecular formula is C11H14Fe2N2Na2O15S2. The summed E-state index contributed by atoms with van der Waals surface area (Å²) in [5.74, 6) is -7.48. The van der Waals surface area contributed by atoms with Crippen molar-refractivity contribution in [2.24, 2.45) is 5.73 Å². The fraction of sp³-hybridized carbons (Fsp3) is 0.545. The van der Waals surface area contributed by atoms with Gasteiger partial charge in [0.05, 0.1) is 11.5 Å². The van der Waals surface area contributed by atoms with E-state index in [0.29, 0.717) is 0 Å². The Morgan fingerprint density at radius 1 is 0.882 bits per heavy atom. The van der Waals surface area contributed by atoms with Crippen LogP contribution in [0.25, 0.3) is 0 Å². The molecule has 0 spiro atoms. The van der Waals surface area contributed by atoms with Crippen molar-refractivity contribution >= 4 is 53.4 Å². The molecule has 188 valence electrons. The van der Waals surface area contributed by atoms with E-state index in [1.54, 1.807) is 0 Å². The zero-order valence-electron chi connectivity index (χ0n) is 17.3. The normalized spacial score (nSPS) is 11.3.